The fourth-order valence-corrected chi connectivity index (χ4v) is 2.56. The summed E-state index contributed by atoms with van der Waals surface area (Å²) in [6.45, 7) is 6.09. The Kier molecular flexibility index (Phi) is 4.79. The lowest BCUT2D eigenvalue weighted by Gasteiger charge is -2.26. The fraction of sp³-hybridized carbons (Fsp3) is 0.625. The minimum absolute atomic E-state index is 0.310. The number of hydrogen-bond donors (Lipinski definition) is 2. The summed E-state index contributed by atoms with van der Waals surface area (Å²) in [6, 6.07) is 6.98. The van der Waals surface area contributed by atoms with Crippen molar-refractivity contribution in [2.45, 2.75) is 45.6 Å². The van der Waals surface area contributed by atoms with Gasteiger partial charge in [0.05, 0.1) is 0 Å². The summed E-state index contributed by atoms with van der Waals surface area (Å²) in [7, 11) is 0. The van der Waals surface area contributed by atoms with Crippen LogP contribution in [-0.4, -0.2) is 13.1 Å². The normalized spacial score (nSPS) is 17.5. The number of aryl methyl sites for hydroxylation is 2. The Hall–Kier alpha value is -0.860. The van der Waals surface area contributed by atoms with Crippen molar-refractivity contribution in [3.05, 3.63) is 34.9 Å². The molecule has 1 aromatic rings. The Morgan fingerprint density at radius 2 is 2.06 bits per heavy atom. The minimum atomic E-state index is 0.310. The lowest BCUT2D eigenvalue weighted by molar-refractivity contribution is 0.288. The molecule has 18 heavy (non-hydrogen) atoms. The van der Waals surface area contributed by atoms with E-state index >= 15 is 0 Å². The van der Waals surface area contributed by atoms with Crippen molar-refractivity contribution in [2.75, 3.05) is 13.1 Å². The van der Waals surface area contributed by atoms with E-state index in [1.54, 1.807) is 0 Å². The predicted molar refractivity (Wildman–Crippen MR) is 77.7 cm³/mol. The topological polar surface area (TPSA) is 38.0 Å². The molecule has 2 heteroatoms. The molecule has 1 saturated carbocycles. The van der Waals surface area contributed by atoms with Crippen LogP contribution in [0, 0.1) is 19.8 Å². The Morgan fingerprint density at radius 1 is 1.28 bits per heavy atom. The molecule has 100 valence electrons. The molecule has 0 bridgehead atoms. The van der Waals surface area contributed by atoms with E-state index in [0.29, 0.717) is 12.6 Å². The van der Waals surface area contributed by atoms with Crippen LogP contribution in [0.3, 0.4) is 0 Å². The van der Waals surface area contributed by atoms with Crippen LogP contribution in [0.4, 0.5) is 0 Å². The molecular formula is C16H26N2. The lowest BCUT2D eigenvalue weighted by atomic mass is 9.83. The largest absolute Gasteiger partial charge is 0.329 e. The molecule has 1 aliphatic carbocycles. The Labute approximate surface area is 111 Å². The summed E-state index contributed by atoms with van der Waals surface area (Å²) >= 11 is 0. The van der Waals surface area contributed by atoms with Gasteiger partial charge in [0.25, 0.3) is 0 Å². The average Bonchev–Trinajstić information content (AvgIpc) is 2.31. The second kappa shape index (κ2) is 6.35. The van der Waals surface area contributed by atoms with E-state index in [4.69, 9.17) is 5.73 Å². The first-order valence-electron chi connectivity index (χ1n) is 7.21. The molecule has 1 fully saturated rings. The van der Waals surface area contributed by atoms with Crippen molar-refractivity contribution in [3.63, 3.8) is 0 Å². The minimum Gasteiger partial charge on any atom is -0.329 e. The molecule has 0 amide bonds. The van der Waals surface area contributed by atoms with Gasteiger partial charge in [0, 0.05) is 12.6 Å². The standard InChI is InChI=1S/C16H26N2/c1-12-6-7-15(10-13(12)2)16(11-17)18-9-8-14-4-3-5-14/h6-7,10,14,16,18H,3-5,8-9,11,17H2,1-2H3. The molecule has 0 heterocycles. The van der Waals surface area contributed by atoms with Gasteiger partial charge in [0.2, 0.25) is 0 Å². The van der Waals surface area contributed by atoms with E-state index in [1.807, 2.05) is 0 Å². The highest BCUT2D eigenvalue weighted by Crippen LogP contribution is 2.29. The molecule has 0 aliphatic heterocycles. The third-order valence-corrected chi connectivity index (χ3v) is 4.34. The third kappa shape index (κ3) is 3.33. The van der Waals surface area contributed by atoms with Crippen LogP contribution in [0.25, 0.3) is 0 Å². The van der Waals surface area contributed by atoms with Gasteiger partial charge in [0.1, 0.15) is 0 Å². The van der Waals surface area contributed by atoms with Crippen LogP contribution in [-0.2, 0) is 0 Å². The van der Waals surface area contributed by atoms with Gasteiger partial charge in [-0.15, -0.1) is 0 Å². The zero-order valence-electron chi connectivity index (χ0n) is 11.7. The van der Waals surface area contributed by atoms with Gasteiger partial charge in [-0.1, -0.05) is 37.5 Å². The van der Waals surface area contributed by atoms with Crippen LogP contribution in [0.15, 0.2) is 18.2 Å². The Morgan fingerprint density at radius 3 is 2.61 bits per heavy atom. The summed E-state index contributed by atoms with van der Waals surface area (Å²) in [5.41, 5.74) is 9.93. The molecular weight excluding hydrogens is 220 g/mol. The second-order valence-electron chi connectivity index (χ2n) is 5.67. The summed E-state index contributed by atoms with van der Waals surface area (Å²) in [4.78, 5) is 0. The number of nitrogens with one attached hydrogen (secondary N) is 1. The molecule has 1 aromatic carbocycles. The summed E-state index contributed by atoms with van der Waals surface area (Å²) in [6.07, 6.45) is 5.60. The first-order valence-corrected chi connectivity index (χ1v) is 7.21. The second-order valence-corrected chi connectivity index (χ2v) is 5.67. The maximum Gasteiger partial charge on any atom is 0.0444 e. The average molecular weight is 246 g/mol. The van der Waals surface area contributed by atoms with E-state index < -0.39 is 0 Å². The first-order chi connectivity index (χ1) is 8.70. The van der Waals surface area contributed by atoms with Crippen LogP contribution in [0.2, 0.25) is 0 Å². The van der Waals surface area contributed by atoms with Crippen molar-refractivity contribution in [2.24, 2.45) is 11.7 Å². The molecule has 2 rings (SSSR count). The summed E-state index contributed by atoms with van der Waals surface area (Å²) < 4.78 is 0. The molecule has 0 saturated heterocycles. The Balaban J connectivity index is 1.87. The van der Waals surface area contributed by atoms with Crippen LogP contribution >= 0.6 is 0 Å². The smallest absolute Gasteiger partial charge is 0.0444 e. The van der Waals surface area contributed by atoms with Crippen molar-refractivity contribution < 1.29 is 0 Å². The van der Waals surface area contributed by atoms with Crippen LogP contribution in [0.1, 0.15) is 48.4 Å². The van der Waals surface area contributed by atoms with Gasteiger partial charge < -0.3 is 11.1 Å². The van der Waals surface area contributed by atoms with Crippen LogP contribution in [0.5, 0.6) is 0 Å². The van der Waals surface area contributed by atoms with Gasteiger partial charge in [-0.05, 0) is 49.4 Å². The zero-order chi connectivity index (χ0) is 13.0. The fourth-order valence-electron chi connectivity index (χ4n) is 2.56. The van der Waals surface area contributed by atoms with Gasteiger partial charge >= 0.3 is 0 Å². The molecule has 0 spiro atoms. The summed E-state index contributed by atoms with van der Waals surface area (Å²) in [5, 5.41) is 3.61. The predicted octanol–water partition coefficient (Wildman–Crippen LogP) is 3.08. The maximum atomic E-state index is 5.89. The quantitative estimate of drug-likeness (QED) is 0.809. The number of benzene rings is 1. The SMILES string of the molecule is Cc1ccc(C(CN)NCCC2CCC2)cc1C. The highest BCUT2D eigenvalue weighted by atomic mass is 14.9. The van der Waals surface area contributed by atoms with E-state index in [2.05, 4.69) is 37.4 Å². The van der Waals surface area contributed by atoms with E-state index in [9.17, 15) is 0 Å². The number of hydrogen-bond acceptors (Lipinski definition) is 2. The van der Waals surface area contributed by atoms with E-state index in [0.717, 1.165) is 12.5 Å². The molecule has 1 aliphatic rings. The molecule has 3 N–H and O–H groups in total. The van der Waals surface area contributed by atoms with Gasteiger partial charge in [-0.25, -0.2) is 0 Å². The van der Waals surface area contributed by atoms with Crippen molar-refractivity contribution in [1.29, 1.82) is 0 Å². The Bertz CT molecular complexity index is 383. The lowest BCUT2D eigenvalue weighted by Crippen LogP contribution is -2.30. The van der Waals surface area contributed by atoms with Gasteiger partial charge in [-0.2, -0.15) is 0 Å². The zero-order valence-corrected chi connectivity index (χ0v) is 11.7. The molecule has 0 aromatic heterocycles. The van der Waals surface area contributed by atoms with Crippen molar-refractivity contribution >= 4 is 0 Å². The van der Waals surface area contributed by atoms with E-state index in [-0.39, 0.29) is 0 Å². The number of nitrogens with two attached hydrogens (primary N) is 1. The van der Waals surface area contributed by atoms with Gasteiger partial charge in [0.15, 0.2) is 0 Å². The highest BCUT2D eigenvalue weighted by molar-refractivity contribution is 5.31. The molecule has 2 nitrogen and oxygen atoms in total. The number of rotatable bonds is 6. The van der Waals surface area contributed by atoms with E-state index in [1.165, 1.54) is 42.4 Å². The monoisotopic (exact) mass is 246 g/mol. The first kappa shape index (κ1) is 13.6. The molecule has 0 radical (unpaired) electrons. The maximum absolute atomic E-state index is 5.89. The molecule has 1 unspecified atom stereocenters. The summed E-state index contributed by atoms with van der Waals surface area (Å²) in [5.74, 6) is 0.968. The van der Waals surface area contributed by atoms with Crippen molar-refractivity contribution in [3.8, 4) is 0 Å². The van der Waals surface area contributed by atoms with Crippen molar-refractivity contribution in [1.82, 2.24) is 5.32 Å². The van der Waals surface area contributed by atoms with Gasteiger partial charge in [-0.3, -0.25) is 0 Å². The molecule has 1 atom stereocenters. The third-order valence-electron chi connectivity index (χ3n) is 4.34. The highest BCUT2D eigenvalue weighted by Gasteiger charge is 2.17. The van der Waals surface area contributed by atoms with Crippen LogP contribution < -0.4 is 11.1 Å².